The number of carbonyl (C=O) groups is 2. The Morgan fingerprint density at radius 3 is 2.54 bits per heavy atom. The molecule has 1 heterocycles. The molecule has 24 heavy (non-hydrogen) atoms. The van der Waals surface area contributed by atoms with E-state index in [0.29, 0.717) is 24.2 Å². The Labute approximate surface area is 154 Å². The predicted molar refractivity (Wildman–Crippen MR) is 92.3 cm³/mol. The molecule has 2 atom stereocenters. The molecule has 2 amide bonds. The molecule has 0 spiro atoms. The normalized spacial score (nSPS) is 28.2. The number of amides is 2. The van der Waals surface area contributed by atoms with E-state index in [1.807, 2.05) is 0 Å². The standard InChI is InChI=1S/C16H16Cl3FN2O2/c1-9-3-4-10(7-11(9)20)22-6-5-12(13(22)23)21(2)14(24)15(17)8-16(15,18)19/h3-4,7,12H,5-6,8H2,1-2H3. The topological polar surface area (TPSA) is 40.6 Å². The SMILES string of the molecule is Cc1ccc(N2CCC(N(C)C(=O)C3(Cl)CC3(Cl)Cl)C2=O)cc1F. The van der Waals surface area contributed by atoms with Crippen molar-refractivity contribution < 1.29 is 14.0 Å². The van der Waals surface area contributed by atoms with Gasteiger partial charge in [-0.05, 0) is 31.0 Å². The molecule has 1 aliphatic heterocycles. The van der Waals surface area contributed by atoms with Crippen LogP contribution < -0.4 is 4.90 Å². The van der Waals surface area contributed by atoms with Crippen LogP contribution in [0.4, 0.5) is 10.1 Å². The van der Waals surface area contributed by atoms with Crippen molar-refractivity contribution in [1.82, 2.24) is 4.90 Å². The molecule has 0 aromatic heterocycles. The number of anilines is 1. The number of alkyl halides is 3. The molecule has 4 nitrogen and oxygen atoms in total. The van der Waals surface area contributed by atoms with Gasteiger partial charge in [0.15, 0.2) is 4.87 Å². The third-order valence-electron chi connectivity index (χ3n) is 4.69. The van der Waals surface area contributed by atoms with Crippen molar-refractivity contribution in [2.45, 2.75) is 35.0 Å². The Balaban J connectivity index is 1.76. The Kier molecular flexibility index (Phi) is 4.26. The van der Waals surface area contributed by atoms with Gasteiger partial charge in [0.1, 0.15) is 16.2 Å². The first-order valence-electron chi connectivity index (χ1n) is 7.50. The van der Waals surface area contributed by atoms with Crippen molar-refractivity contribution in [1.29, 1.82) is 0 Å². The van der Waals surface area contributed by atoms with Gasteiger partial charge in [0.25, 0.3) is 0 Å². The number of benzene rings is 1. The van der Waals surface area contributed by atoms with Gasteiger partial charge in [0.2, 0.25) is 11.8 Å². The number of hydrogen-bond donors (Lipinski definition) is 0. The van der Waals surface area contributed by atoms with Gasteiger partial charge in [-0.2, -0.15) is 0 Å². The fourth-order valence-corrected chi connectivity index (χ4v) is 3.98. The van der Waals surface area contributed by atoms with Crippen molar-refractivity contribution >= 4 is 52.3 Å². The van der Waals surface area contributed by atoms with Crippen LogP contribution in [0.1, 0.15) is 18.4 Å². The summed E-state index contributed by atoms with van der Waals surface area (Å²) >= 11 is 18.0. The maximum atomic E-state index is 13.7. The lowest BCUT2D eigenvalue weighted by molar-refractivity contribution is -0.137. The predicted octanol–water partition coefficient (Wildman–Crippen LogP) is 3.25. The fraction of sp³-hybridized carbons (Fsp3) is 0.500. The number of rotatable bonds is 3. The largest absolute Gasteiger partial charge is 0.332 e. The van der Waals surface area contributed by atoms with Crippen LogP contribution in [0.2, 0.25) is 0 Å². The van der Waals surface area contributed by atoms with E-state index in [-0.39, 0.29) is 18.1 Å². The van der Waals surface area contributed by atoms with Gasteiger partial charge in [0.05, 0.1) is 0 Å². The Hall–Kier alpha value is -1.04. The molecule has 1 aliphatic carbocycles. The summed E-state index contributed by atoms with van der Waals surface area (Å²) in [5.41, 5.74) is 0.982. The second-order valence-corrected chi connectivity index (χ2v) is 8.46. The minimum Gasteiger partial charge on any atom is -0.332 e. The lowest BCUT2D eigenvalue weighted by Gasteiger charge is -2.26. The molecule has 1 aromatic carbocycles. The summed E-state index contributed by atoms with van der Waals surface area (Å²) in [7, 11) is 1.51. The van der Waals surface area contributed by atoms with Crippen LogP contribution in [-0.4, -0.2) is 45.6 Å². The van der Waals surface area contributed by atoms with Crippen LogP contribution in [0, 0.1) is 12.7 Å². The van der Waals surface area contributed by atoms with Crippen LogP contribution in [-0.2, 0) is 9.59 Å². The molecule has 0 N–H and O–H groups in total. The lowest BCUT2D eigenvalue weighted by atomic mass is 10.2. The van der Waals surface area contributed by atoms with Crippen molar-refractivity contribution in [3.05, 3.63) is 29.6 Å². The molecular weight excluding hydrogens is 378 g/mol. The molecule has 2 aliphatic rings. The van der Waals surface area contributed by atoms with E-state index in [9.17, 15) is 14.0 Å². The highest BCUT2D eigenvalue weighted by Crippen LogP contribution is 2.62. The average molecular weight is 394 g/mol. The van der Waals surface area contributed by atoms with E-state index < -0.39 is 21.2 Å². The van der Waals surface area contributed by atoms with Crippen LogP contribution in [0.5, 0.6) is 0 Å². The van der Waals surface area contributed by atoms with E-state index in [4.69, 9.17) is 34.8 Å². The van der Waals surface area contributed by atoms with E-state index in [1.54, 1.807) is 19.1 Å². The number of hydrogen-bond acceptors (Lipinski definition) is 2. The van der Waals surface area contributed by atoms with Crippen molar-refractivity contribution in [3.8, 4) is 0 Å². The molecule has 130 valence electrons. The fourth-order valence-electron chi connectivity index (χ4n) is 2.95. The van der Waals surface area contributed by atoms with E-state index in [0.717, 1.165) is 0 Å². The van der Waals surface area contributed by atoms with Crippen LogP contribution in [0.15, 0.2) is 18.2 Å². The molecule has 1 aromatic rings. The van der Waals surface area contributed by atoms with Gasteiger partial charge in [-0.15, -0.1) is 11.6 Å². The van der Waals surface area contributed by atoms with Crippen LogP contribution in [0.25, 0.3) is 0 Å². The molecule has 2 fully saturated rings. The van der Waals surface area contributed by atoms with Crippen LogP contribution >= 0.6 is 34.8 Å². The Morgan fingerprint density at radius 1 is 1.38 bits per heavy atom. The number of aryl methyl sites for hydroxylation is 1. The van der Waals surface area contributed by atoms with E-state index in [2.05, 4.69) is 0 Å². The van der Waals surface area contributed by atoms with E-state index >= 15 is 0 Å². The monoisotopic (exact) mass is 392 g/mol. The highest BCUT2D eigenvalue weighted by Gasteiger charge is 2.72. The van der Waals surface area contributed by atoms with Gasteiger partial charge in [0, 0.05) is 25.7 Å². The molecule has 0 bridgehead atoms. The van der Waals surface area contributed by atoms with Gasteiger partial charge >= 0.3 is 0 Å². The minimum atomic E-state index is -1.38. The second-order valence-electron chi connectivity index (χ2n) is 6.33. The van der Waals surface area contributed by atoms with Crippen molar-refractivity contribution in [2.75, 3.05) is 18.5 Å². The molecule has 0 radical (unpaired) electrons. The number of likely N-dealkylation sites (N-methyl/N-ethyl adjacent to an activating group) is 1. The summed E-state index contributed by atoms with van der Waals surface area (Å²) in [5.74, 6) is -1.12. The third-order valence-corrected chi connectivity index (χ3v) is 6.42. The Bertz CT molecular complexity index is 727. The first kappa shape index (κ1) is 17.8. The van der Waals surface area contributed by atoms with Gasteiger partial charge in [-0.1, -0.05) is 29.3 Å². The van der Waals surface area contributed by atoms with Gasteiger partial charge < -0.3 is 9.80 Å². The van der Waals surface area contributed by atoms with Gasteiger partial charge in [-0.25, -0.2) is 4.39 Å². The smallest absolute Gasteiger partial charge is 0.249 e. The first-order valence-corrected chi connectivity index (χ1v) is 8.63. The highest BCUT2D eigenvalue weighted by molar-refractivity contribution is 6.62. The summed E-state index contributed by atoms with van der Waals surface area (Å²) < 4.78 is 12.4. The Morgan fingerprint density at radius 2 is 2.00 bits per heavy atom. The summed E-state index contributed by atoms with van der Waals surface area (Å²) in [5, 5.41) is 0. The average Bonchev–Trinajstić information content (AvgIpc) is 2.85. The minimum absolute atomic E-state index is 0.141. The summed E-state index contributed by atoms with van der Waals surface area (Å²) in [4.78, 5) is 26.6. The summed E-state index contributed by atoms with van der Waals surface area (Å²) in [6, 6.07) is 3.96. The molecule has 1 saturated carbocycles. The number of nitrogens with zero attached hydrogens (tertiary/aromatic N) is 2. The zero-order chi connectivity index (χ0) is 17.9. The van der Waals surface area contributed by atoms with E-state index in [1.165, 1.54) is 22.9 Å². The zero-order valence-corrected chi connectivity index (χ0v) is 15.4. The summed E-state index contributed by atoms with van der Waals surface area (Å²) in [6.45, 7) is 2.05. The zero-order valence-electron chi connectivity index (χ0n) is 13.2. The maximum absolute atomic E-state index is 13.7. The number of carbonyl (C=O) groups excluding carboxylic acids is 2. The molecule has 1 saturated heterocycles. The van der Waals surface area contributed by atoms with Crippen LogP contribution in [0.3, 0.4) is 0 Å². The third kappa shape index (κ3) is 2.67. The highest BCUT2D eigenvalue weighted by atomic mass is 35.5. The second kappa shape index (κ2) is 5.75. The molecular formula is C16H16Cl3FN2O2. The number of halogens is 4. The quantitative estimate of drug-likeness (QED) is 0.740. The lowest BCUT2D eigenvalue weighted by Crippen LogP contribution is -2.47. The van der Waals surface area contributed by atoms with Crippen molar-refractivity contribution in [3.63, 3.8) is 0 Å². The molecule has 2 unspecified atom stereocenters. The maximum Gasteiger partial charge on any atom is 0.249 e. The molecule has 3 rings (SSSR count). The van der Waals surface area contributed by atoms with Gasteiger partial charge in [-0.3, -0.25) is 9.59 Å². The van der Waals surface area contributed by atoms with Crippen molar-refractivity contribution in [2.24, 2.45) is 0 Å². The molecule has 8 heteroatoms. The summed E-state index contributed by atoms with van der Waals surface area (Å²) in [6.07, 6.45) is 0.572. The first-order chi connectivity index (χ1) is 11.1.